The summed E-state index contributed by atoms with van der Waals surface area (Å²) in [7, 11) is 5.19. The minimum atomic E-state index is 0.0851. The third kappa shape index (κ3) is 4.84. The van der Waals surface area contributed by atoms with Gasteiger partial charge in [-0.2, -0.15) is 0 Å². The molecule has 30 valence electrons. The molecule has 3 heteroatoms. The average molecular weight is 176 g/mol. The van der Waals surface area contributed by atoms with Gasteiger partial charge in [-0.15, -0.1) is 0 Å². The Morgan fingerprint density at radius 3 is 2.20 bits per heavy atom. The SMILES string of the molecule is Cl/C=C/[Se]Cl. The summed E-state index contributed by atoms with van der Waals surface area (Å²) in [5.74, 6) is 0. The van der Waals surface area contributed by atoms with E-state index in [-0.39, 0.29) is 14.0 Å². The van der Waals surface area contributed by atoms with E-state index in [2.05, 4.69) is 0 Å². The summed E-state index contributed by atoms with van der Waals surface area (Å²) < 4.78 is 0. The van der Waals surface area contributed by atoms with Gasteiger partial charge in [-0.25, -0.2) is 0 Å². The third-order valence-corrected chi connectivity index (χ3v) is 1.60. The van der Waals surface area contributed by atoms with E-state index in [4.69, 9.17) is 21.7 Å². The molecule has 0 aliphatic carbocycles. The zero-order valence-electron chi connectivity index (χ0n) is 2.32. The zero-order valence-corrected chi connectivity index (χ0v) is 5.54. The molecular formula is C2H2Cl2Se. The predicted molar refractivity (Wildman–Crippen MR) is 26.6 cm³/mol. The Kier molecular flexibility index (Phi) is 5.65. The first-order valence-corrected chi connectivity index (χ1v) is 4.62. The van der Waals surface area contributed by atoms with Crippen molar-refractivity contribution in [3.8, 4) is 0 Å². The van der Waals surface area contributed by atoms with Crippen LogP contribution in [-0.4, -0.2) is 14.0 Å². The van der Waals surface area contributed by atoms with Crippen molar-refractivity contribution < 1.29 is 0 Å². The molecule has 0 atom stereocenters. The van der Waals surface area contributed by atoms with E-state index in [0.717, 1.165) is 0 Å². The van der Waals surface area contributed by atoms with Gasteiger partial charge in [0.05, 0.1) is 0 Å². The molecule has 0 rings (SSSR count). The van der Waals surface area contributed by atoms with Crippen molar-refractivity contribution in [3.05, 3.63) is 10.5 Å². The van der Waals surface area contributed by atoms with E-state index >= 15 is 0 Å². The first kappa shape index (κ1) is 5.84. The summed E-state index contributed by atoms with van der Waals surface area (Å²) in [5.41, 5.74) is 1.42. The Bertz CT molecular complexity index is 34.6. The second-order valence-corrected chi connectivity index (χ2v) is 2.47. The van der Waals surface area contributed by atoms with Crippen LogP contribution < -0.4 is 0 Å². The van der Waals surface area contributed by atoms with Crippen LogP contribution in [-0.2, 0) is 0 Å². The first-order chi connectivity index (χ1) is 2.41. The second kappa shape index (κ2) is 4.84. The molecule has 0 aromatic rings. The molecule has 0 radical (unpaired) electrons. The Morgan fingerprint density at radius 2 is 2.20 bits per heavy atom. The normalized spacial score (nSPS) is 10.0. The predicted octanol–water partition coefficient (Wildman–Crippen LogP) is 1.55. The van der Waals surface area contributed by atoms with E-state index in [1.54, 1.807) is 4.97 Å². The summed E-state index contributed by atoms with van der Waals surface area (Å²) >= 11 is 5.14. The van der Waals surface area contributed by atoms with Gasteiger partial charge < -0.3 is 0 Å². The van der Waals surface area contributed by atoms with Gasteiger partial charge in [0.15, 0.2) is 0 Å². The molecule has 0 unspecified atom stereocenters. The molecule has 0 bridgehead atoms. The summed E-state index contributed by atoms with van der Waals surface area (Å²) in [5, 5.41) is 0. The fourth-order valence-electron chi connectivity index (χ4n) is 0.0194. The summed E-state index contributed by atoms with van der Waals surface area (Å²) in [4.78, 5) is 1.72. The van der Waals surface area contributed by atoms with Crippen molar-refractivity contribution in [2.24, 2.45) is 0 Å². The Morgan fingerprint density at radius 1 is 1.60 bits per heavy atom. The topological polar surface area (TPSA) is 0 Å². The monoisotopic (exact) mass is 176 g/mol. The Balaban J connectivity index is 2.62. The zero-order chi connectivity index (χ0) is 4.12. The maximum absolute atomic E-state index is 5.19. The van der Waals surface area contributed by atoms with Crippen LogP contribution in [0.5, 0.6) is 0 Å². The second-order valence-electron chi connectivity index (χ2n) is 0.351. The van der Waals surface area contributed by atoms with Gasteiger partial charge in [0.1, 0.15) is 0 Å². The van der Waals surface area contributed by atoms with Crippen molar-refractivity contribution in [2.45, 2.75) is 0 Å². The molecule has 0 aliphatic rings. The summed E-state index contributed by atoms with van der Waals surface area (Å²) in [6.45, 7) is 0. The molecule has 0 amide bonds. The van der Waals surface area contributed by atoms with Gasteiger partial charge in [-0.05, 0) is 0 Å². The molecule has 0 aliphatic heterocycles. The number of hydrogen-bond acceptors (Lipinski definition) is 0. The van der Waals surface area contributed by atoms with E-state index in [1.807, 2.05) is 0 Å². The van der Waals surface area contributed by atoms with Crippen LogP contribution in [0.25, 0.3) is 0 Å². The number of rotatable bonds is 1. The van der Waals surface area contributed by atoms with Crippen LogP contribution in [0, 0.1) is 0 Å². The van der Waals surface area contributed by atoms with Crippen LogP contribution in [0.2, 0.25) is 0 Å². The van der Waals surface area contributed by atoms with Crippen molar-refractivity contribution in [1.82, 2.24) is 0 Å². The van der Waals surface area contributed by atoms with Gasteiger partial charge in [-0.3, -0.25) is 0 Å². The molecule has 0 saturated carbocycles. The summed E-state index contributed by atoms with van der Waals surface area (Å²) in [6.07, 6.45) is 0. The van der Waals surface area contributed by atoms with Gasteiger partial charge in [0.25, 0.3) is 0 Å². The van der Waals surface area contributed by atoms with Gasteiger partial charge in [0.2, 0.25) is 0 Å². The molecule has 0 heterocycles. The molecule has 0 saturated heterocycles. The molecule has 0 fully saturated rings. The third-order valence-electron chi connectivity index (χ3n) is 0.103. The van der Waals surface area contributed by atoms with Crippen molar-refractivity contribution >= 4 is 35.7 Å². The molecular weight excluding hydrogens is 174 g/mol. The van der Waals surface area contributed by atoms with Gasteiger partial charge in [-0.1, -0.05) is 0 Å². The van der Waals surface area contributed by atoms with E-state index in [1.165, 1.54) is 5.54 Å². The fraction of sp³-hybridized carbons (Fsp3) is 0. The average Bonchev–Trinajstić information content (AvgIpc) is 1.41. The van der Waals surface area contributed by atoms with Gasteiger partial charge in [0, 0.05) is 0 Å². The van der Waals surface area contributed by atoms with Gasteiger partial charge >= 0.3 is 46.3 Å². The van der Waals surface area contributed by atoms with Crippen LogP contribution in [0.15, 0.2) is 10.5 Å². The fourth-order valence-corrected chi connectivity index (χ4v) is 0.909. The molecule has 0 N–H and O–H groups in total. The minimum absolute atomic E-state index is 0.0851. The van der Waals surface area contributed by atoms with Crippen LogP contribution >= 0.6 is 21.7 Å². The van der Waals surface area contributed by atoms with Crippen LogP contribution in [0.3, 0.4) is 0 Å². The number of halogens is 2. The quantitative estimate of drug-likeness (QED) is 0.531. The van der Waals surface area contributed by atoms with Crippen LogP contribution in [0.1, 0.15) is 0 Å². The summed E-state index contributed by atoms with van der Waals surface area (Å²) in [6, 6.07) is 0. The van der Waals surface area contributed by atoms with Crippen molar-refractivity contribution in [3.63, 3.8) is 0 Å². The maximum atomic E-state index is 5.19. The Labute approximate surface area is 46.5 Å². The van der Waals surface area contributed by atoms with Crippen molar-refractivity contribution in [1.29, 1.82) is 0 Å². The van der Waals surface area contributed by atoms with Crippen LogP contribution in [0.4, 0.5) is 0 Å². The molecule has 0 aromatic heterocycles. The standard InChI is InChI=1S/C2H2Cl2Se/c3-1-2-5-4/h1-2H/b2-1+. The first-order valence-electron chi connectivity index (χ1n) is 0.942. The van der Waals surface area contributed by atoms with Crippen molar-refractivity contribution in [2.75, 3.05) is 0 Å². The molecule has 0 nitrogen and oxygen atoms in total. The molecule has 5 heavy (non-hydrogen) atoms. The Hall–Kier alpha value is 0.839. The molecule has 0 aromatic carbocycles. The molecule has 0 spiro atoms. The van der Waals surface area contributed by atoms with E-state index in [0.29, 0.717) is 0 Å². The van der Waals surface area contributed by atoms with E-state index < -0.39 is 0 Å². The number of hydrogen-bond donors (Lipinski definition) is 0. The van der Waals surface area contributed by atoms with E-state index in [9.17, 15) is 0 Å².